The van der Waals surface area contributed by atoms with Crippen LogP contribution in [0.1, 0.15) is 54.9 Å². The van der Waals surface area contributed by atoms with Crippen LogP contribution in [0.4, 0.5) is 0 Å². The van der Waals surface area contributed by atoms with E-state index >= 15 is 0 Å². The van der Waals surface area contributed by atoms with E-state index in [1.54, 1.807) is 0 Å². The molecule has 3 unspecified atom stereocenters. The fourth-order valence-electron chi connectivity index (χ4n) is 3.29. The first kappa shape index (κ1) is 13.0. The lowest BCUT2D eigenvalue weighted by Crippen LogP contribution is -2.47. The fourth-order valence-corrected chi connectivity index (χ4v) is 3.29. The molecule has 1 saturated heterocycles. The van der Waals surface area contributed by atoms with E-state index in [1.165, 1.54) is 13.0 Å². The number of nitrogens with zero attached hydrogens (tertiary/aromatic N) is 1. The van der Waals surface area contributed by atoms with Gasteiger partial charge in [0.15, 0.2) is 0 Å². The van der Waals surface area contributed by atoms with Crippen molar-refractivity contribution in [2.45, 2.75) is 66.5 Å². The van der Waals surface area contributed by atoms with Gasteiger partial charge in [-0.05, 0) is 38.5 Å². The Morgan fingerprint density at radius 1 is 1.27 bits per heavy atom. The number of hydrogen-bond donors (Lipinski definition) is 0. The van der Waals surface area contributed by atoms with E-state index < -0.39 is 0 Å². The van der Waals surface area contributed by atoms with Gasteiger partial charge in [-0.25, -0.2) is 0 Å². The van der Waals surface area contributed by atoms with Gasteiger partial charge in [-0.3, -0.25) is 4.90 Å². The van der Waals surface area contributed by atoms with Crippen molar-refractivity contribution in [2.75, 3.05) is 6.54 Å². The summed E-state index contributed by atoms with van der Waals surface area (Å²) in [7, 11) is 0. The lowest BCUT2D eigenvalue weighted by atomic mass is 9.85. The molecule has 0 bridgehead atoms. The Balaban J connectivity index is 2.88. The van der Waals surface area contributed by atoms with Crippen LogP contribution in [-0.4, -0.2) is 23.0 Å². The molecular weight excluding hydrogens is 182 g/mol. The van der Waals surface area contributed by atoms with Crippen molar-refractivity contribution in [3.8, 4) is 0 Å². The Morgan fingerprint density at radius 3 is 2.07 bits per heavy atom. The first-order valence-electron chi connectivity index (χ1n) is 6.55. The SMILES string of the molecule is CCC1CN(C(C)(C)C)C(C(C)C)C1C. The van der Waals surface area contributed by atoms with Crippen LogP contribution in [-0.2, 0) is 0 Å². The zero-order valence-corrected chi connectivity index (χ0v) is 11.7. The average Bonchev–Trinajstić information content (AvgIpc) is 2.41. The second-order valence-electron chi connectivity index (χ2n) is 6.59. The highest BCUT2D eigenvalue weighted by molar-refractivity contribution is 4.96. The molecule has 1 aliphatic heterocycles. The van der Waals surface area contributed by atoms with Crippen molar-refractivity contribution in [1.29, 1.82) is 0 Å². The van der Waals surface area contributed by atoms with Gasteiger partial charge in [0.2, 0.25) is 0 Å². The van der Waals surface area contributed by atoms with Gasteiger partial charge in [0.05, 0.1) is 0 Å². The van der Waals surface area contributed by atoms with Gasteiger partial charge < -0.3 is 0 Å². The molecule has 1 rings (SSSR count). The first-order valence-corrected chi connectivity index (χ1v) is 6.55. The smallest absolute Gasteiger partial charge is 0.0152 e. The van der Waals surface area contributed by atoms with Crippen molar-refractivity contribution in [3.05, 3.63) is 0 Å². The topological polar surface area (TPSA) is 3.24 Å². The first-order chi connectivity index (χ1) is 6.79. The van der Waals surface area contributed by atoms with Gasteiger partial charge in [0, 0.05) is 18.1 Å². The predicted octanol–water partition coefficient (Wildman–Crippen LogP) is 3.79. The van der Waals surface area contributed by atoms with Crippen LogP contribution in [0, 0.1) is 17.8 Å². The summed E-state index contributed by atoms with van der Waals surface area (Å²) in [6.45, 7) is 17.9. The Morgan fingerprint density at radius 2 is 1.80 bits per heavy atom. The summed E-state index contributed by atoms with van der Waals surface area (Å²) in [5, 5.41) is 0. The summed E-state index contributed by atoms with van der Waals surface area (Å²) in [6, 6.07) is 0.773. The lowest BCUT2D eigenvalue weighted by molar-refractivity contribution is 0.0817. The van der Waals surface area contributed by atoms with Gasteiger partial charge in [-0.2, -0.15) is 0 Å². The zero-order valence-electron chi connectivity index (χ0n) is 11.7. The Bertz CT molecular complexity index is 202. The van der Waals surface area contributed by atoms with E-state index in [0.29, 0.717) is 5.54 Å². The minimum absolute atomic E-state index is 0.327. The van der Waals surface area contributed by atoms with Crippen LogP contribution < -0.4 is 0 Å². The molecule has 0 aromatic rings. The van der Waals surface area contributed by atoms with Gasteiger partial charge in [-0.1, -0.05) is 34.1 Å². The van der Waals surface area contributed by atoms with E-state index in [-0.39, 0.29) is 0 Å². The zero-order chi connectivity index (χ0) is 11.8. The number of rotatable bonds is 2. The highest BCUT2D eigenvalue weighted by atomic mass is 15.2. The number of likely N-dealkylation sites (tertiary alicyclic amines) is 1. The normalized spacial score (nSPS) is 34.0. The van der Waals surface area contributed by atoms with Crippen LogP contribution in [0.25, 0.3) is 0 Å². The van der Waals surface area contributed by atoms with Gasteiger partial charge in [-0.15, -0.1) is 0 Å². The van der Waals surface area contributed by atoms with Crippen LogP contribution in [0.5, 0.6) is 0 Å². The molecular formula is C14H29N. The molecule has 1 aliphatic rings. The van der Waals surface area contributed by atoms with Crippen molar-refractivity contribution in [1.82, 2.24) is 4.90 Å². The summed E-state index contributed by atoms with van der Waals surface area (Å²) in [4.78, 5) is 2.73. The average molecular weight is 211 g/mol. The Labute approximate surface area is 96.2 Å². The third-order valence-electron chi connectivity index (χ3n) is 4.14. The number of hydrogen-bond acceptors (Lipinski definition) is 1. The standard InChI is InChI=1S/C14H29N/c1-8-12-9-15(14(5,6)7)13(10(2)3)11(12)4/h10-13H,8-9H2,1-7H3. The maximum absolute atomic E-state index is 2.73. The van der Waals surface area contributed by atoms with Crippen molar-refractivity contribution in [3.63, 3.8) is 0 Å². The summed E-state index contributed by atoms with van der Waals surface area (Å²) in [6.07, 6.45) is 1.33. The molecule has 0 amide bonds. The molecule has 3 atom stereocenters. The highest BCUT2D eigenvalue weighted by Gasteiger charge is 2.43. The minimum atomic E-state index is 0.327. The van der Waals surface area contributed by atoms with Gasteiger partial charge in [0.25, 0.3) is 0 Å². The molecule has 0 N–H and O–H groups in total. The van der Waals surface area contributed by atoms with Crippen LogP contribution >= 0.6 is 0 Å². The molecule has 0 saturated carbocycles. The van der Waals surface area contributed by atoms with Crippen LogP contribution in [0.15, 0.2) is 0 Å². The molecule has 0 aromatic heterocycles. The molecule has 1 heteroatoms. The van der Waals surface area contributed by atoms with Crippen LogP contribution in [0.3, 0.4) is 0 Å². The lowest BCUT2D eigenvalue weighted by Gasteiger charge is -2.40. The van der Waals surface area contributed by atoms with Crippen molar-refractivity contribution < 1.29 is 0 Å². The summed E-state index contributed by atoms with van der Waals surface area (Å²) in [5.74, 6) is 2.53. The maximum Gasteiger partial charge on any atom is 0.0152 e. The second kappa shape index (κ2) is 4.45. The minimum Gasteiger partial charge on any atom is -0.295 e. The molecule has 90 valence electrons. The predicted molar refractivity (Wildman–Crippen MR) is 68.0 cm³/mol. The molecule has 15 heavy (non-hydrogen) atoms. The Kier molecular flexibility index (Phi) is 3.86. The van der Waals surface area contributed by atoms with Gasteiger partial charge in [0.1, 0.15) is 0 Å². The van der Waals surface area contributed by atoms with E-state index in [0.717, 1.165) is 23.8 Å². The Hall–Kier alpha value is -0.0400. The van der Waals surface area contributed by atoms with Crippen LogP contribution in [0.2, 0.25) is 0 Å². The summed E-state index contributed by atoms with van der Waals surface area (Å²) < 4.78 is 0. The molecule has 0 spiro atoms. The molecule has 1 heterocycles. The van der Waals surface area contributed by atoms with Crippen molar-refractivity contribution in [2.24, 2.45) is 17.8 Å². The molecule has 1 fully saturated rings. The van der Waals surface area contributed by atoms with E-state index in [2.05, 4.69) is 53.4 Å². The second-order valence-corrected chi connectivity index (χ2v) is 6.59. The quantitative estimate of drug-likeness (QED) is 0.672. The maximum atomic E-state index is 2.73. The van der Waals surface area contributed by atoms with E-state index in [1.807, 2.05) is 0 Å². The molecule has 0 aliphatic carbocycles. The largest absolute Gasteiger partial charge is 0.295 e. The fraction of sp³-hybridized carbons (Fsp3) is 1.00. The molecule has 1 nitrogen and oxygen atoms in total. The van der Waals surface area contributed by atoms with Crippen molar-refractivity contribution >= 4 is 0 Å². The molecule has 0 radical (unpaired) electrons. The summed E-state index contributed by atoms with van der Waals surface area (Å²) >= 11 is 0. The van der Waals surface area contributed by atoms with E-state index in [4.69, 9.17) is 0 Å². The van der Waals surface area contributed by atoms with E-state index in [9.17, 15) is 0 Å². The van der Waals surface area contributed by atoms with Gasteiger partial charge >= 0.3 is 0 Å². The molecule has 0 aromatic carbocycles. The third kappa shape index (κ3) is 2.55. The highest BCUT2D eigenvalue weighted by Crippen LogP contribution is 2.39. The summed E-state index contributed by atoms with van der Waals surface area (Å²) in [5.41, 5.74) is 0.327. The third-order valence-corrected chi connectivity index (χ3v) is 4.14. The monoisotopic (exact) mass is 211 g/mol.